The number of nitrogens with zero attached hydrogens (tertiary/aromatic N) is 2. The third kappa shape index (κ3) is 5.97. The smallest absolute Gasteiger partial charge is 0.281 e. The Kier molecular flexibility index (Phi) is 7.94. The minimum atomic E-state index is -3.45. The lowest BCUT2D eigenvalue weighted by molar-refractivity contribution is -0.125. The number of hydrogen-bond donors (Lipinski definition) is 1. The van der Waals surface area contributed by atoms with Gasteiger partial charge in [-0.1, -0.05) is 29.8 Å². The second-order valence-corrected chi connectivity index (χ2v) is 10.1. The molecule has 1 aromatic rings. The Bertz CT molecular complexity index is 707. The first-order valence-corrected chi connectivity index (χ1v) is 11.4. The number of benzene rings is 1. The first-order valence-electron chi connectivity index (χ1n) is 8.89. The molecule has 26 heavy (non-hydrogen) atoms. The summed E-state index contributed by atoms with van der Waals surface area (Å²) in [6, 6.07) is 8.43. The molecule has 0 aliphatic carbocycles. The lowest BCUT2D eigenvalue weighted by Crippen LogP contribution is -2.49. The standard InChI is InChI=1S/C18H29N3O3S2/c1-15-6-4-7-16(12-15)14-25-11-9-19-18(22)17-8-5-10-21(13-17)26(23,24)20(2)3/h4,6-7,12,17H,5,8-11,13-14H2,1-3H3,(H,19,22)/t17-/m0/s1. The van der Waals surface area contributed by atoms with E-state index in [1.807, 2.05) is 0 Å². The van der Waals surface area contributed by atoms with Crippen LogP contribution >= 0.6 is 11.8 Å². The monoisotopic (exact) mass is 399 g/mol. The SMILES string of the molecule is Cc1cccc(CSCCNC(=O)[C@H]2CCCN(S(=O)(=O)N(C)C)C2)c1. The van der Waals surface area contributed by atoms with Crippen molar-refractivity contribution in [3.05, 3.63) is 35.4 Å². The lowest BCUT2D eigenvalue weighted by Gasteiger charge is -2.32. The van der Waals surface area contributed by atoms with Crippen LogP contribution in [-0.2, 0) is 20.8 Å². The Balaban J connectivity index is 1.72. The van der Waals surface area contributed by atoms with Gasteiger partial charge in [0.15, 0.2) is 0 Å². The lowest BCUT2D eigenvalue weighted by atomic mass is 9.99. The van der Waals surface area contributed by atoms with Crippen molar-refractivity contribution in [1.29, 1.82) is 0 Å². The predicted molar refractivity (Wildman–Crippen MR) is 107 cm³/mol. The van der Waals surface area contributed by atoms with E-state index in [-0.39, 0.29) is 18.4 Å². The second-order valence-electron chi connectivity index (χ2n) is 6.82. The molecule has 0 radical (unpaired) electrons. The zero-order chi connectivity index (χ0) is 19.2. The van der Waals surface area contributed by atoms with Gasteiger partial charge in [-0.05, 0) is 25.3 Å². The fraction of sp³-hybridized carbons (Fsp3) is 0.611. The van der Waals surface area contributed by atoms with Gasteiger partial charge in [0.05, 0.1) is 5.92 Å². The third-order valence-electron chi connectivity index (χ3n) is 4.44. The van der Waals surface area contributed by atoms with Crippen molar-refractivity contribution in [3.8, 4) is 0 Å². The summed E-state index contributed by atoms with van der Waals surface area (Å²) >= 11 is 1.78. The Morgan fingerprint density at radius 2 is 2.15 bits per heavy atom. The largest absolute Gasteiger partial charge is 0.355 e. The maximum absolute atomic E-state index is 12.4. The van der Waals surface area contributed by atoms with E-state index in [9.17, 15) is 13.2 Å². The quantitative estimate of drug-likeness (QED) is 0.678. The molecule has 0 saturated carbocycles. The number of nitrogens with one attached hydrogen (secondary N) is 1. The summed E-state index contributed by atoms with van der Waals surface area (Å²) in [6.45, 7) is 3.43. The number of rotatable bonds is 8. The van der Waals surface area contributed by atoms with E-state index in [1.165, 1.54) is 33.8 Å². The molecule has 1 N–H and O–H groups in total. The highest BCUT2D eigenvalue weighted by Crippen LogP contribution is 2.20. The minimum Gasteiger partial charge on any atom is -0.355 e. The molecule has 0 bridgehead atoms. The minimum absolute atomic E-state index is 0.0418. The third-order valence-corrected chi connectivity index (χ3v) is 7.38. The topological polar surface area (TPSA) is 69.7 Å². The maximum atomic E-state index is 12.4. The highest BCUT2D eigenvalue weighted by Gasteiger charge is 2.33. The van der Waals surface area contributed by atoms with Gasteiger partial charge in [-0.3, -0.25) is 4.79 Å². The van der Waals surface area contributed by atoms with Gasteiger partial charge in [0, 0.05) is 45.2 Å². The van der Waals surface area contributed by atoms with Crippen LogP contribution in [0.25, 0.3) is 0 Å². The summed E-state index contributed by atoms with van der Waals surface area (Å²) in [6.07, 6.45) is 1.45. The van der Waals surface area contributed by atoms with Crippen LogP contribution in [0.15, 0.2) is 24.3 Å². The van der Waals surface area contributed by atoms with E-state index in [0.717, 1.165) is 17.9 Å². The van der Waals surface area contributed by atoms with Crippen LogP contribution in [0.1, 0.15) is 24.0 Å². The molecule has 0 unspecified atom stereocenters. The van der Waals surface area contributed by atoms with Crippen molar-refractivity contribution in [3.63, 3.8) is 0 Å². The van der Waals surface area contributed by atoms with Gasteiger partial charge < -0.3 is 5.32 Å². The van der Waals surface area contributed by atoms with Crippen molar-refractivity contribution in [2.75, 3.05) is 39.5 Å². The van der Waals surface area contributed by atoms with E-state index in [2.05, 4.69) is 36.5 Å². The van der Waals surface area contributed by atoms with Crippen LogP contribution in [0.5, 0.6) is 0 Å². The number of carbonyl (C=O) groups is 1. The van der Waals surface area contributed by atoms with Gasteiger partial charge >= 0.3 is 0 Å². The Morgan fingerprint density at radius 3 is 2.85 bits per heavy atom. The zero-order valence-corrected chi connectivity index (χ0v) is 17.4. The Hall–Kier alpha value is -1.09. The summed E-state index contributed by atoms with van der Waals surface area (Å²) in [5.41, 5.74) is 2.55. The van der Waals surface area contributed by atoms with E-state index in [0.29, 0.717) is 19.5 Å². The van der Waals surface area contributed by atoms with E-state index < -0.39 is 10.2 Å². The van der Waals surface area contributed by atoms with Gasteiger partial charge in [-0.15, -0.1) is 0 Å². The molecule has 1 fully saturated rings. The van der Waals surface area contributed by atoms with Gasteiger partial charge in [-0.25, -0.2) is 0 Å². The molecule has 2 rings (SSSR count). The van der Waals surface area contributed by atoms with E-state index >= 15 is 0 Å². The number of hydrogen-bond acceptors (Lipinski definition) is 4. The van der Waals surface area contributed by atoms with Gasteiger partial charge in [-0.2, -0.15) is 28.8 Å². The van der Waals surface area contributed by atoms with Crippen molar-refractivity contribution < 1.29 is 13.2 Å². The molecule has 0 spiro atoms. The molecule has 1 atom stereocenters. The summed E-state index contributed by atoms with van der Waals surface area (Å²) in [7, 11) is -0.411. The van der Waals surface area contributed by atoms with Crippen LogP contribution < -0.4 is 5.32 Å². The molecule has 1 aliphatic heterocycles. The van der Waals surface area contributed by atoms with Gasteiger partial charge in [0.25, 0.3) is 10.2 Å². The van der Waals surface area contributed by atoms with Crippen LogP contribution in [0, 0.1) is 12.8 Å². The van der Waals surface area contributed by atoms with Gasteiger partial charge in [0.2, 0.25) is 5.91 Å². The Morgan fingerprint density at radius 1 is 1.38 bits per heavy atom. The fourth-order valence-electron chi connectivity index (χ4n) is 2.98. The number of aryl methyl sites for hydroxylation is 1. The average Bonchev–Trinajstić information content (AvgIpc) is 2.61. The molecular weight excluding hydrogens is 370 g/mol. The molecule has 8 heteroatoms. The molecule has 146 valence electrons. The second kappa shape index (κ2) is 9.73. The number of piperidine rings is 1. The average molecular weight is 400 g/mol. The molecule has 6 nitrogen and oxygen atoms in total. The molecule has 1 aliphatic rings. The first kappa shape index (κ1) is 21.2. The molecule has 0 aromatic heterocycles. The van der Waals surface area contributed by atoms with E-state index in [4.69, 9.17) is 0 Å². The molecule has 1 amide bonds. The molecule has 1 saturated heterocycles. The molecule has 1 heterocycles. The summed E-state index contributed by atoms with van der Waals surface area (Å²) in [4.78, 5) is 12.4. The van der Waals surface area contributed by atoms with Crippen LogP contribution in [0.4, 0.5) is 0 Å². The highest BCUT2D eigenvalue weighted by atomic mass is 32.2. The van der Waals surface area contributed by atoms with Crippen molar-refractivity contribution >= 4 is 27.9 Å². The number of thioether (sulfide) groups is 1. The molecular formula is C18H29N3O3S2. The maximum Gasteiger partial charge on any atom is 0.281 e. The summed E-state index contributed by atoms with van der Waals surface area (Å²) < 4.78 is 27.1. The van der Waals surface area contributed by atoms with Crippen molar-refractivity contribution in [2.24, 2.45) is 5.92 Å². The van der Waals surface area contributed by atoms with Crippen molar-refractivity contribution in [1.82, 2.24) is 13.9 Å². The Labute approximate surface area is 161 Å². The summed E-state index contributed by atoms with van der Waals surface area (Å²) in [5, 5.41) is 2.96. The van der Waals surface area contributed by atoms with E-state index in [1.54, 1.807) is 11.8 Å². The van der Waals surface area contributed by atoms with Gasteiger partial charge in [0.1, 0.15) is 0 Å². The first-order chi connectivity index (χ1) is 12.3. The van der Waals surface area contributed by atoms with Crippen LogP contribution in [0.2, 0.25) is 0 Å². The highest BCUT2D eigenvalue weighted by molar-refractivity contribution is 7.98. The predicted octanol–water partition coefficient (Wildman–Crippen LogP) is 1.86. The van der Waals surface area contributed by atoms with Crippen LogP contribution in [0.3, 0.4) is 0 Å². The van der Waals surface area contributed by atoms with Crippen molar-refractivity contribution in [2.45, 2.75) is 25.5 Å². The normalized spacial score (nSPS) is 18.8. The van der Waals surface area contributed by atoms with Crippen LogP contribution in [-0.4, -0.2) is 62.4 Å². The molecule has 1 aromatic carbocycles. The fourth-order valence-corrected chi connectivity index (χ4v) is 4.98. The summed E-state index contributed by atoms with van der Waals surface area (Å²) in [5.74, 6) is 1.46. The zero-order valence-electron chi connectivity index (χ0n) is 15.8. The number of carbonyl (C=O) groups excluding carboxylic acids is 1. The number of amides is 1.